The lowest BCUT2D eigenvalue weighted by molar-refractivity contribution is 0.162. The zero-order chi connectivity index (χ0) is 12.8. The van der Waals surface area contributed by atoms with Crippen LogP contribution in [0.5, 0.6) is 0 Å². The van der Waals surface area contributed by atoms with Crippen molar-refractivity contribution in [3.63, 3.8) is 0 Å². The Hall–Kier alpha value is -1.31. The first-order valence-corrected chi connectivity index (χ1v) is 6.65. The Morgan fingerprint density at radius 3 is 3.11 bits per heavy atom. The van der Waals surface area contributed by atoms with Gasteiger partial charge in [-0.2, -0.15) is 4.98 Å². The Morgan fingerprint density at radius 2 is 2.44 bits per heavy atom. The first-order valence-electron chi connectivity index (χ1n) is 5.77. The minimum atomic E-state index is 0.190. The quantitative estimate of drug-likeness (QED) is 0.817. The van der Waals surface area contributed by atoms with Crippen LogP contribution in [-0.4, -0.2) is 41.4 Å². The summed E-state index contributed by atoms with van der Waals surface area (Å²) in [4.78, 5) is 9.26. The molecule has 7 heteroatoms. The van der Waals surface area contributed by atoms with Crippen molar-refractivity contribution in [2.45, 2.75) is 19.4 Å². The highest BCUT2D eigenvalue weighted by Crippen LogP contribution is 2.19. The number of nitrogens with one attached hydrogen (secondary N) is 1. The summed E-state index contributed by atoms with van der Waals surface area (Å²) >= 11 is 1.49. The van der Waals surface area contributed by atoms with Gasteiger partial charge in [0.05, 0.1) is 17.0 Å². The summed E-state index contributed by atoms with van der Waals surface area (Å²) in [5.74, 6) is 1.21. The van der Waals surface area contributed by atoms with Crippen LogP contribution in [0.1, 0.15) is 12.8 Å². The number of ether oxygens (including phenoxy) is 1. The monoisotopic (exact) mass is 268 g/mol. The topological polar surface area (TPSA) is 73.1 Å². The molecule has 1 N–H and O–H groups in total. The maximum absolute atomic E-state index is 5.23. The molecule has 1 atom stereocenters. The van der Waals surface area contributed by atoms with E-state index in [1.807, 2.05) is 0 Å². The molecule has 0 spiro atoms. The maximum Gasteiger partial charge on any atom is 0.228 e. The molecular formula is C11H16N4O2S. The number of rotatable bonds is 7. The minimum Gasteiger partial charge on any atom is -0.383 e. The normalized spacial score (nSPS) is 12.8. The van der Waals surface area contributed by atoms with Crippen molar-refractivity contribution in [2.24, 2.45) is 0 Å². The summed E-state index contributed by atoms with van der Waals surface area (Å²) in [6.07, 6.45) is 2.39. The largest absolute Gasteiger partial charge is 0.383 e. The van der Waals surface area contributed by atoms with Gasteiger partial charge >= 0.3 is 0 Å². The van der Waals surface area contributed by atoms with Gasteiger partial charge in [0, 0.05) is 25.8 Å². The molecule has 98 valence electrons. The Labute approximate surface area is 109 Å². The summed E-state index contributed by atoms with van der Waals surface area (Å²) in [7, 11) is 1.68. The van der Waals surface area contributed by atoms with Gasteiger partial charge in [0.1, 0.15) is 0 Å². The smallest absolute Gasteiger partial charge is 0.228 e. The van der Waals surface area contributed by atoms with Crippen molar-refractivity contribution in [1.29, 1.82) is 0 Å². The van der Waals surface area contributed by atoms with Gasteiger partial charge in [-0.05, 0) is 6.54 Å². The number of hydrogen-bond donors (Lipinski definition) is 1. The van der Waals surface area contributed by atoms with E-state index in [0.29, 0.717) is 24.7 Å². The lowest BCUT2D eigenvalue weighted by Gasteiger charge is -2.14. The van der Waals surface area contributed by atoms with Gasteiger partial charge in [-0.1, -0.05) is 12.1 Å². The molecule has 0 aliphatic carbocycles. The summed E-state index contributed by atoms with van der Waals surface area (Å²) in [6.45, 7) is 3.55. The van der Waals surface area contributed by atoms with E-state index in [2.05, 4.69) is 27.4 Å². The molecule has 0 aliphatic rings. The third kappa shape index (κ3) is 3.34. The van der Waals surface area contributed by atoms with Gasteiger partial charge in [0.25, 0.3) is 0 Å². The SMILES string of the molecule is CCNC(COC)Cc1nc(-c2cncs2)no1. The Morgan fingerprint density at radius 1 is 1.56 bits per heavy atom. The van der Waals surface area contributed by atoms with Crippen molar-refractivity contribution in [1.82, 2.24) is 20.4 Å². The molecule has 0 bridgehead atoms. The standard InChI is InChI=1S/C11H16N4O2S/c1-3-13-8(6-16-2)4-10-14-11(15-17-10)9-5-12-7-18-9/h5,7-8,13H,3-4,6H2,1-2H3. The van der Waals surface area contributed by atoms with Crippen LogP contribution in [0.25, 0.3) is 10.7 Å². The fraction of sp³-hybridized carbons (Fsp3) is 0.545. The number of nitrogens with zero attached hydrogens (tertiary/aromatic N) is 3. The summed E-state index contributed by atoms with van der Waals surface area (Å²) in [6, 6.07) is 0.190. The third-order valence-corrected chi connectivity index (χ3v) is 3.17. The van der Waals surface area contributed by atoms with E-state index < -0.39 is 0 Å². The zero-order valence-corrected chi connectivity index (χ0v) is 11.2. The number of thiazole rings is 1. The highest BCUT2D eigenvalue weighted by molar-refractivity contribution is 7.13. The maximum atomic E-state index is 5.23. The van der Waals surface area contributed by atoms with E-state index in [1.54, 1.807) is 18.8 Å². The molecule has 2 aromatic heterocycles. The van der Waals surface area contributed by atoms with E-state index in [1.165, 1.54) is 11.3 Å². The van der Waals surface area contributed by atoms with Crippen LogP contribution >= 0.6 is 11.3 Å². The molecule has 18 heavy (non-hydrogen) atoms. The lowest BCUT2D eigenvalue weighted by Crippen LogP contribution is -2.35. The zero-order valence-electron chi connectivity index (χ0n) is 10.4. The van der Waals surface area contributed by atoms with E-state index in [9.17, 15) is 0 Å². The van der Waals surface area contributed by atoms with E-state index >= 15 is 0 Å². The minimum absolute atomic E-state index is 0.190. The molecule has 6 nitrogen and oxygen atoms in total. The van der Waals surface area contributed by atoms with Gasteiger partial charge in [0.2, 0.25) is 11.7 Å². The van der Waals surface area contributed by atoms with Crippen LogP contribution in [0.4, 0.5) is 0 Å². The molecule has 0 aromatic carbocycles. The van der Waals surface area contributed by atoms with Gasteiger partial charge < -0.3 is 14.6 Å². The number of hydrogen-bond acceptors (Lipinski definition) is 7. The summed E-state index contributed by atoms with van der Waals surface area (Å²) in [5, 5.41) is 7.26. The first-order chi connectivity index (χ1) is 8.83. The van der Waals surface area contributed by atoms with Crippen LogP contribution in [0.3, 0.4) is 0 Å². The fourth-order valence-electron chi connectivity index (χ4n) is 1.65. The molecular weight excluding hydrogens is 252 g/mol. The highest BCUT2D eigenvalue weighted by atomic mass is 32.1. The average Bonchev–Trinajstić information content (AvgIpc) is 2.98. The third-order valence-electron chi connectivity index (χ3n) is 2.40. The average molecular weight is 268 g/mol. The molecule has 0 aliphatic heterocycles. The molecule has 2 aromatic rings. The number of methoxy groups -OCH3 is 1. The second kappa shape index (κ2) is 6.58. The predicted molar refractivity (Wildman–Crippen MR) is 68.5 cm³/mol. The van der Waals surface area contributed by atoms with Crippen LogP contribution < -0.4 is 5.32 Å². The van der Waals surface area contributed by atoms with Crippen molar-refractivity contribution >= 4 is 11.3 Å². The molecule has 2 rings (SSSR count). The van der Waals surface area contributed by atoms with Gasteiger partial charge in [-0.15, -0.1) is 11.3 Å². The first kappa shape index (κ1) is 13.1. The second-order valence-corrected chi connectivity index (χ2v) is 4.68. The fourth-order valence-corrected chi connectivity index (χ4v) is 2.20. The summed E-state index contributed by atoms with van der Waals surface area (Å²) in [5.41, 5.74) is 1.75. The highest BCUT2D eigenvalue weighted by Gasteiger charge is 2.15. The molecule has 0 radical (unpaired) electrons. The predicted octanol–water partition coefficient (Wildman–Crippen LogP) is 1.36. The van der Waals surface area contributed by atoms with Gasteiger partial charge in [0.15, 0.2) is 0 Å². The molecule has 0 amide bonds. The second-order valence-electron chi connectivity index (χ2n) is 3.79. The van der Waals surface area contributed by atoms with Crippen LogP contribution in [0, 0.1) is 0 Å². The van der Waals surface area contributed by atoms with Gasteiger partial charge in [-0.25, -0.2) is 0 Å². The Bertz CT molecular complexity index is 451. The van der Waals surface area contributed by atoms with Crippen LogP contribution in [0.15, 0.2) is 16.2 Å². The van der Waals surface area contributed by atoms with E-state index in [4.69, 9.17) is 9.26 Å². The van der Waals surface area contributed by atoms with Crippen molar-refractivity contribution in [2.75, 3.05) is 20.3 Å². The molecule has 0 saturated heterocycles. The van der Waals surface area contributed by atoms with Crippen LogP contribution in [-0.2, 0) is 11.2 Å². The van der Waals surface area contributed by atoms with E-state index in [0.717, 1.165) is 11.4 Å². The van der Waals surface area contributed by atoms with Crippen molar-refractivity contribution in [3.05, 3.63) is 17.6 Å². The van der Waals surface area contributed by atoms with Crippen LogP contribution in [0.2, 0.25) is 0 Å². The Kier molecular flexibility index (Phi) is 4.80. The molecule has 0 saturated carbocycles. The van der Waals surface area contributed by atoms with Gasteiger partial charge in [-0.3, -0.25) is 4.98 Å². The van der Waals surface area contributed by atoms with Crippen molar-refractivity contribution in [3.8, 4) is 10.7 Å². The van der Waals surface area contributed by atoms with Crippen molar-refractivity contribution < 1.29 is 9.26 Å². The number of likely N-dealkylation sites (N-methyl/N-ethyl adjacent to an activating group) is 1. The molecule has 1 unspecified atom stereocenters. The number of aromatic nitrogens is 3. The molecule has 0 fully saturated rings. The van der Waals surface area contributed by atoms with E-state index in [-0.39, 0.29) is 6.04 Å². The summed E-state index contributed by atoms with van der Waals surface area (Å²) < 4.78 is 10.4. The Balaban J connectivity index is 2.01. The molecule has 2 heterocycles. The lowest BCUT2D eigenvalue weighted by atomic mass is 10.2.